The molecular weight excluding hydrogens is 374 g/mol. The maximum absolute atomic E-state index is 12.2. The number of hydrogen-bond donors (Lipinski definition) is 1. The lowest BCUT2D eigenvalue weighted by Crippen LogP contribution is -2.48. The molecule has 0 aromatic heterocycles. The van der Waals surface area contributed by atoms with Crippen LogP contribution in [-0.4, -0.2) is 57.2 Å². The predicted molar refractivity (Wildman–Crippen MR) is 98.9 cm³/mol. The van der Waals surface area contributed by atoms with Gasteiger partial charge in [0.25, 0.3) is 5.91 Å². The Morgan fingerprint density at radius 2 is 1.81 bits per heavy atom. The number of rotatable bonds is 8. The highest BCUT2D eigenvalue weighted by molar-refractivity contribution is 7.91. The summed E-state index contributed by atoms with van der Waals surface area (Å²) in [6, 6.07) is 4.63. The molecule has 1 heterocycles. The molecule has 1 fully saturated rings. The van der Waals surface area contributed by atoms with Crippen LogP contribution in [0, 0.1) is 0 Å². The Labute approximate surface area is 159 Å². The van der Waals surface area contributed by atoms with Gasteiger partial charge in [-0.05, 0) is 45.4 Å². The van der Waals surface area contributed by atoms with Crippen LogP contribution in [0.25, 0.3) is 0 Å². The van der Waals surface area contributed by atoms with Crippen molar-refractivity contribution in [2.24, 2.45) is 0 Å². The summed E-state index contributed by atoms with van der Waals surface area (Å²) in [6.07, 6.45) is 0.339. The number of benzene rings is 1. The SMILES string of the molecule is CCOc1ccc(C(=O)OCC(=O)N[C@]2(C)CCS(=O)(=O)C2)cc1OCC. The van der Waals surface area contributed by atoms with E-state index in [-0.39, 0.29) is 17.1 Å². The number of hydrogen-bond acceptors (Lipinski definition) is 7. The van der Waals surface area contributed by atoms with Crippen LogP contribution in [0.3, 0.4) is 0 Å². The van der Waals surface area contributed by atoms with Crippen molar-refractivity contribution in [1.82, 2.24) is 5.32 Å². The fourth-order valence-electron chi connectivity index (χ4n) is 2.87. The molecule has 150 valence electrons. The number of ether oxygens (including phenoxy) is 3. The third-order valence-corrected chi connectivity index (χ3v) is 5.96. The Bertz CT molecular complexity index is 806. The van der Waals surface area contributed by atoms with Crippen LogP contribution in [0.15, 0.2) is 18.2 Å². The molecular formula is C18H25NO7S. The number of carbonyl (C=O) groups is 2. The van der Waals surface area contributed by atoms with Crippen molar-refractivity contribution >= 4 is 21.7 Å². The monoisotopic (exact) mass is 399 g/mol. The van der Waals surface area contributed by atoms with Gasteiger partial charge in [-0.1, -0.05) is 0 Å². The molecule has 1 N–H and O–H groups in total. The fraction of sp³-hybridized carbons (Fsp3) is 0.556. The van der Waals surface area contributed by atoms with Crippen molar-refractivity contribution in [2.45, 2.75) is 32.7 Å². The maximum atomic E-state index is 12.2. The maximum Gasteiger partial charge on any atom is 0.338 e. The van der Waals surface area contributed by atoms with Gasteiger partial charge in [0.1, 0.15) is 0 Å². The van der Waals surface area contributed by atoms with Gasteiger partial charge in [0.2, 0.25) is 0 Å². The predicted octanol–water partition coefficient (Wildman–Crippen LogP) is 1.33. The first-order valence-electron chi connectivity index (χ1n) is 8.76. The molecule has 1 aliphatic rings. The summed E-state index contributed by atoms with van der Waals surface area (Å²) in [5.74, 6) is -0.366. The summed E-state index contributed by atoms with van der Waals surface area (Å²) >= 11 is 0. The first-order chi connectivity index (χ1) is 12.7. The van der Waals surface area contributed by atoms with E-state index >= 15 is 0 Å². The topological polar surface area (TPSA) is 108 Å². The minimum absolute atomic E-state index is 0.0377. The largest absolute Gasteiger partial charge is 0.490 e. The molecule has 0 unspecified atom stereocenters. The van der Waals surface area contributed by atoms with Crippen LogP contribution in [0.2, 0.25) is 0 Å². The minimum atomic E-state index is -3.14. The van der Waals surface area contributed by atoms with E-state index in [0.717, 1.165) is 0 Å². The number of sulfone groups is 1. The van der Waals surface area contributed by atoms with Gasteiger partial charge in [-0.25, -0.2) is 13.2 Å². The third kappa shape index (κ3) is 5.85. The van der Waals surface area contributed by atoms with E-state index in [0.29, 0.717) is 31.1 Å². The highest BCUT2D eigenvalue weighted by Crippen LogP contribution is 2.29. The van der Waals surface area contributed by atoms with E-state index in [1.165, 1.54) is 12.1 Å². The van der Waals surface area contributed by atoms with E-state index in [4.69, 9.17) is 14.2 Å². The molecule has 1 saturated heterocycles. The Morgan fingerprint density at radius 1 is 1.15 bits per heavy atom. The quantitative estimate of drug-likeness (QED) is 0.657. The Hall–Kier alpha value is -2.29. The fourth-order valence-corrected chi connectivity index (χ4v) is 4.97. The van der Waals surface area contributed by atoms with Gasteiger partial charge in [0, 0.05) is 0 Å². The van der Waals surface area contributed by atoms with Crippen LogP contribution in [0.5, 0.6) is 11.5 Å². The van der Waals surface area contributed by atoms with Crippen LogP contribution >= 0.6 is 0 Å². The zero-order chi connectivity index (χ0) is 20.1. The molecule has 0 spiro atoms. The Kier molecular flexibility index (Phi) is 6.69. The Morgan fingerprint density at radius 3 is 2.41 bits per heavy atom. The normalized spacial score (nSPS) is 20.7. The summed E-state index contributed by atoms with van der Waals surface area (Å²) < 4.78 is 39.1. The van der Waals surface area contributed by atoms with Crippen LogP contribution < -0.4 is 14.8 Å². The van der Waals surface area contributed by atoms with E-state index in [1.807, 2.05) is 13.8 Å². The standard InChI is InChI=1S/C18H25NO7S/c1-4-24-14-7-6-13(10-15(14)25-5-2)17(21)26-11-16(20)19-18(3)8-9-27(22,23)12-18/h6-7,10H,4-5,8-9,11-12H2,1-3H3,(H,19,20)/t18-/m1/s1. The minimum Gasteiger partial charge on any atom is -0.490 e. The zero-order valence-electron chi connectivity index (χ0n) is 15.7. The lowest BCUT2D eigenvalue weighted by molar-refractivity contribution is -0.125. The summed E-state index contributed by atoms with van der Waals surface area (Å²) in [5.41, 5.74) is -0.604. The molecule has 1 atom stereocenters. The molecule has 1 aromatic carbocycles. The molecule has 1 aromatic rings. The number of esters is 1. The highest BCUT2D eigenvalue weighted by atomic mass is 32.2. The first kappa shape index (κ1) is 21.0. The van der Waals surface area contributed by atoms with E-state index < -0.39 is 33.9 Å². The van der Waals surface area contributed by atoms with E-state index in [2.05, 4.69) is 5.32 Å². The summed E-state index contributed by atoms with van der Waals surface area (Å²) in [7, 11) is -3.14. The molecule has 0 saturated carbocycles. The average molecular weight is 399 g/mol. The smallest absolute Gasteiger partial charge is 0.338 e. The molecule has 27 heavy (non-hydrogen) atoms. The van der Waals surface area contributed by atoms with Gasteiger partial charge in [-0.3, -0.25) is 4.79 Å². The average Bonchev–Trinajstić information content (AvgIpc) is 2.87. The number of carbonyl (C=O) groups excluding carboxylic acids is 2. The highest BCUT2D eigenvalue weighted by Gasteiger charge is 2.39. The number of nitrogens with one attached hydrogen (secondary N) is 1. The summed E-state index contributed by atoms with van der Waals surface area (Å²) in [6.45, 7) is 5.69. The van der Waals surface area contributed by atoms with Crippen molar-refractivity contribution in [2.75, 3.05) is 31.3 Å². The molecule has 2 rings (SSSR count). The van der Waals surface area contributed by atoms with Gasteiger partial charge in [-0.15, -0.1) is 0 Å². The van der Waals surface area contributed by atoms with Gasteiger partial charge >= 0.3 is 5.97 Å². The van der Waals surface area contributed by atoms with Crippen LogP contribution in [0.1, 0.15) is 37.6 Å². The lowest BCUT2D eigenvalue weighted by atomic mass is 10.0. The molecule has 9 heteroatoms. The third-order valence-electron chi connectivity index (χ3n) is 4.06. The molecule has 1 amide bonds. The lowest BCUT2D eigenvalue weighted by Gasteiger charge is -2.23. The Balaban J connectivity index is 1.95. The van der Waals surface area contributed by atoms with Crippen molar-refractivity contribution < 1.29 is 32.2 Å². The van der Waals surface area contributed by atoms with E-state index in [1.54, 1.807) is 13.0 Å². The zero-order valence-corrected chi connectivity index (χ0v) is 16.6. The van der Waals surface area contributed by atoms with E-state index in [9.17, 15) is 18.0 Å². The van der Waals surface area contributed by atoms with Gasteiger partial charge in [-0.2, -0.15) is 0 Å². The van der Waals surface area contributed by atoms with Crippen LogP contribution in [-0.2, 0) is 19.4 Å². The second-order valence-corrected chi connectivity index (χ2v) is 8.74. The van der Waals surface area contributed by atoms with Crippen molar-refractivity contribution in [1.29, 1.82) is 0 Å². The second-order valence-electron chi connectivity index (χ2n) is 6.55. The molecule has 8 nitrogen and oxygen atoms in total. The van der Waals surface area contributed by atoms with Crippen molar-refractivity contribution in [3.8, 4) is 11.5 Å². The molecule has 0 aliphatic carbocycles. The molecule has 1 aliphatic heterocycles. The second kappa shape index (κ2) is 8.60. The van der Waals surface area contributed by atoms with Crippen molar-refractivity contribution in [3.63, 3.8) is 0 Å². The van der Waals surface area contributed by atoms with Crippen molar-refractivity contribution in [3.05, 3.63) is 23.8 Å². The van der Waals surface area contributed by atoms with Gasteiger partial charge in [0.15, 0.2) is 27.9 Å². The van der Waals surface area contributed by atoms with Gasteiger partial charge in [0.05, 0.1) is 35.8 Å². The van der Waals surface area contributed by atoms with Crippen LogP contribution in [0.4, 0.5) is 0 Å². The molecule has 0 radical (unpaired) electrons. The van der Waals surface area contributed by atoms with Gasteiger partial charge < -0.3 is 19.5 Å². The first-order valence-corrected chi connectivity index (χ1v) is 10.6. The molecule has 0 bridgehead atoms. The number of amides is 1. The summed E-state index contributed by atoms with van der Waals surface area (Å²) in [4.78, 5) is 24.2. The summed E-state index contributed by atoms with van der Waals surface area (Å²) in [5, 5.41) is 2.64.